The Hall–Kier alpha value is -1.02. The zero-order valence-corrected chi connectivity index (χ0v) is 13.0. The Labute approximate surface area is 127 Å². The molecule has 0 fully saturated rings. The number of sulfonamides is 1. The molecule has 0 atom stereocenters. The van der Waals surface area contributed by atoms with Crippen molar-refractivity contribution in [1.29, 1.82) is 0 Å². The van der Waals surface area contributed by atoms with E-state index in [0.717, 1.165) is 0 Å². The van der Waals surface area contributed by atoms with Crippen molar-refractivity contribution in [3.63, 3.8) is 0 Å². The van der Waals surface area contributed by atoms with Crippen LogP contribution in [-0.4, -0.2) is 40.3 Å². The third kappa shape index (κ3) is 5.96. The van der Waals surface area contributed by atoms with Crippen LogP contribution in [0.15, 0.2) is 18.2 Å². The second kappa shape index (κ2) is 7.68. The number of carbonyl (C=O) groups excluding carboxylic acids is 1. The van der Waals surface area contributed by atoms with E-state index in [1.165, 1.54) is 13.1 Å². The number of hydrogen-bond donors (Lipinski definition) is 2. The van der Waals surface area contributed by atoms with Crippen molar-refractivity contribution in [2.24, 2.45) is 0 Å². The molecule has 2 N–H and O–H groups in total. The topological polar surface area (TPSA) is 84.5 Å². The molecule has 0 radical (unpaired) electrons. The zero-order valence-electron chi connectivity index (χ0n) is 10.7. The standard InChI is InChI=1S/C11H14Cl2N2O4S/c1-14-20(17,18)5-4-15-11(16)7-19-10-6-8(12)2-3-9(10)13/h2-3,6,14H,4-5,7H2,1H3,(H,15,16). The van der Waals surface area contributed by atoms with Crippen LogP contribution in [0.4, 0.5) is 0 Å². The summed E-state index contributed by atoms with van der Waals surface area (Å²) in [4.78, 5) is 11.5. The van der Waals surface area contributed by atoms with Crippen LogP contribution >= 0.6 is 23.2 Å². The van der Waals surface area contributed by atoms with Crippen LogP contribution < -0.4 is 14.8 Å². The smallest absolute Gasteiger partial charge is 0.257 e. The summed E-state index contributed by atoms with van der Waals surface area (Å²) in [5.41, 5.74) is 0. The Bertz CT molecular complexity index is 578. The molecule has 1 amide bonds. The summed E-state index contributed by atoms with van der Waals surface area (Å²) in [5.74, 6) is -0.364. The number of carbonyl (C=O) groups is 1. The molecule has 0 saturated carbocycles. The van der Waals surface area contributed by atoms with Crippen molar-refractivity contribution in [3.8, 4) is 5.75 Å². The summed E-state index contributed by atoms with van der Waals surface area (Å²) in [7, 11) is -2.03. The molecular formula is C11H14Cl2N2O4S. The molecule has 0 saturated heterocycles. The maximum absolute atomic E-state index is 11.5. The van der Waals surface area contributed by atoms with Crippen LogP contribution in [0.2, 0.25) is 10.0 Å². The van der Waals surface area contributed by atoms with Gasteiger partial charge in [0.05, 0.1) is 10.8 Å². The van der Waals surface area contributed by atoms with E-state index < -0.39 is 15.9 Å². The first-order valence-corrected chi connectivity index (χ1v) is 8.00. The van der Waals surface area contributed by atoms with Crippen molar-refractivity contribution in [1.82, 2.24) is 10.0 Å². The third-order valence-electron chi connectivity index (χ3n) is 2.26. The minimum atomic E-state index is -3.34. The van der Waals surface area contributed by atoms with Gasteiger partial charge in [-0.3, -0.25) is 4.79 Å². The molecule has 0 aliphatic rings. The SMILES string of the molecule is CNS(=O)(=O)CCNC(=O)COc1cc(Cl)ccc1Cl. The molecule has 0 aromatic heterocycles. The van der Waals surface area contributed by atoms with E-state index in [9.17, 15) is 13.2 Å². The average molecular weight is 341 g/mol. The lowest BCUT2D eigenvalue weighted by molar-refractivity contribution is -0.122. The van der Waals surface area contributed by atoms with Crippen LogP contribution in [-0.2, 0) is 14.8 Å². The van der Waals surface area contributed by atoms with Gasteiger partial charge in [0.15, 0.2) is 6.61 Å². The van der Waals surface area contributed by atoms with E-state index in [1.54, 1.807) is 12.1 Å². The van der Waals surface area contributed by atoms with Gasteiger partial charge < -0.3 is 10.1 Å². The summed E-state index contributed by atoms with van der Waals surface area (Å²) in [5, 5.41) is 3.19. The molecule has 0 aliphatic heterocycles. The second-order valence-electron chi connectivity index (χ2n) is 3.74. The van der Waals surface area contributed by atoms with Gasteiger partial charge in [-0.2, -0.15) is 0 Å². The summed E-state index contributed by atoms with van der Waals surface area (Å²) in [6.45, 7) is -0.283. The molecule has 0 bridgehead atoms. The third-order valence-corrected chi connectivity index (χ3v) is 4.17. The van der Waals surface area contributed by atoms with E-state index >= 15 is 0 Å². The van der Waals surface area contributed by atoms with Crippen molar-refractivity contribution in [2.75, 3.05) is 26.0 Å². The predicted octanol–water partition coefficient (Wildman–Crippen LogP) is 1.04. The molecule has 1 aromatic rings. The molecule has 0 unspecified atom stereocenters. The van der Waals surface area contributed by atoms with E-state index in [4.69, 9.17) is 27.9 Å². The van der Waals surface area contributed by atoms with Gasteiger partial charge in [-0.1, -0.05) is 23.2 Å². The largest absolute Gasteiger partial charge is 0.482 e. The molecule has 1 rings (SSSR count). The van der Waals surface area contributed by atoms with Crippen LogP contribution in [0.3, 0.4) is 0 Å². The lowest BCUT2D eigenvalue weighted by Crippen LogP contribution is -2.35. The predicted molar refractivity (Wildman–Crippen MR) is 77.8 cm³/mol. The minimum Gasteiger partial charge on any atom is -0.482 e. The number of hydrogen-bond acceptors (Lipinski definition) is 4. The van der Waals surface area contributed by atoms with Crippen molar-refractivity contribution < 1.29 is 17.9 Å². The number of nitrogens with one attached hydrogen (secondary N) is 2. The monoisotopic (exact) mass is 340 g/mol. The van der Waals surface area contributed by atoms with E-state index in [1.807, 2.05) is 0 Å². The van der Waals surface area contributed by atoms with Crippen molar-refractivity contribution in [2.45, 2.75) is 0 Å². The second-order valence-corrected chi connectivity index (χ2v) is 6.63. The molecule has 0 heterocycles. The summed E-state index contributed by atoms with van der Waals surface area (Å²) >= 11 is 11.6. The fraction of sp³-hybridized carbons (Fsp3) is 0.364. The lowest BCUT2D eigenvalue weighted by Gasteiger charge is -2.09. The highest BCUT2D eigenvalue weighted by atomic mass is 35.5. The van der Waals surface area contributed by atoms with Crippen LogP contribution in [0.25, 0.3) is 0 Å². The van der Waals surface area contributed by atoms with Gasteiger partial charge in [-0.25, -0.2) is 13.1 Å². The van der Waals surface area contributed by atoms with E-state index in [2.05, 4.69) is 10.0 Å². The number of benzene rings is 1. The number of ether oxygens (including phenoxy) is 1. The highest BCUT2D eigenvalue weighted by Crippen LogP contribution is 2.27. The molecule has 6 nitrogen and oxygen atoms in total. The minimum absolute atomic E-state index is 0.00531. The fourth-order valence-corrected chi connectivity index (χ4v) is 2.12. The van der Waals surface area contributed by atoms with E-state index in [0.29, 0.717) is 10.0 Å². The fourth-order valence-electron chi connectivity index (χ4n) is 1.21. The Kier molecular flexibility index (Phi) is 6.54. The van der Waals surface area contributed by atoms with Gasteiger partial charge in [0, 0.05) is 17.6 Å². The molecule has 9 heteroatoms. The lowest BCUT2D eigenvalue weighted by atomic mass is 10.3. The van der Waals surface area contributed by atoms with Gasteiger partial charge in [0.1, 0.15) is 5.75 Å². The van der Waals surface area contributed by atoms with Gasteiger partial charge in [-0.05, 0) is 19.2 Å². The van der Waals surface area contributed by atoms with Crippen molar-refractivity contribution >= 4 is 39.1 Å². The number of halogens is 2. The molecular weight excluding hydrogens is 327 g/mol. The highest BCUT2D eigenvalue weighted by molar-refractivity contribution is 7.89. The van der Waals surface area contributed by atoms with Gasteiger partial charge in [0.2, 0.25) is 10.0 Å². The molecule has 0 aliphatic carbocycles. The quantitative estimate of drug-likeness (QED) is 0.776. The van der Waals surface area contributed by atoms with Crippen LogP contribution in [0.5, 0.6) is 5.75 Å². The highest BCUT2D eigenvalue weighted by Gasteiger charge is 2.09. The van der Waals surface area contributed by atoms with Crippen LogP contribution in [0, 0.1) is 0 Å². The number of amides is 1. The maximum Gasteiger partial charge on any atom is 0.257 e. The molecule has 20 heavy (non-hydrogen) atoms. The molecule has 1 aromatic carbocycles. The Balaban J connectivity index is 2.39. The Morgan fingerprint density at radius 3 is 2.70 bits per heavy atom. The Morgan fingerprint density at radius 1 is 1.35 bits per heavy atom. The van der Waals surface area contributed by atoms with E-state index in [-0.39, 0.29) is 24.7 Å². The molecule has 112 valence electrons. The van der Waals surface area contributed by atoms with Gasteiger partial charge in [0.25, 0.3) is 5.91 Å². The summed E-state index contributed by atoms with van der Waals surface area (Å²) in [6, 6.07) is 4.64. The summed E-state index contributed by atoms with van der Waals surface area (Å²) < 4.78 is 29.6. The molecule has 0 spiro atoms. The first-order chi connectivity index (χ1) is 9.34. The number of rotatable bonds is 7. The maximum atomic E-state index is 11.5. The first-order valence-electron chi connectivity index (χ1n) is 5.60. The van der Waals surface area contributed by atoms with Crippen LogP contribution in [0.1, 0.15) is 0 Å². The first kappa shape index (κ1) is 17.0. The van der Waals surface area contributed by atoms with Gasteiger partial charge in [-0.15, -0.1) is 0 Å². The zero-order chi connectivity index (χ0) is 15.2. The van der Waals surface area contributed by atoms with Gasteiger partial charge >= 0.3 is 0 Å². The average Bonchev–Trinajstić information content (AvgIpc) is 2.39. The Morgan fingerprint density at radius 2 is 2.05 bits per heavy atom. The summed E-state index contributed by atoms with van der Waals surface area (Å²) in [6.07, 6.45) is 0. The normalized spacial score (nSPS) is 11.2. The van der Waals surface area contributed by atoms with Crippen molar-refractivity contribution in [3.05, 3.63) is 28.2 Å².